The minimum Gasteiger partial charge on any atom is -0.474 e. The Morgan fingerprint density at radius 3 is 2.89 bits per heavy atom. The second kappa shape index (κ2) is 6.03. The van der Waals surface area contributed by atoms with E-state index in [0.717, 1.165) is 17.9 Å². The van der Waals surface area contributed by atoms with Crippen molar-refractivity contribution in [3.8, 4) is 5.88 Å². The topological polar surface area (TPSA) is 47.0 Å². The van der Waals surface area contributed by atoms with Crippen LogP contribution in [0.15, 0.2) is 6.20 Å². The third-order valence-corrected chi connectivity index (χ3v) is 3.78. The van der Waals surface area contributed by atoms with Crippen LogP contribution >= 0.6 is 0 Å². The van der Waals surface area contributed by atoms with Gasteiger partial charge in [-0.25, -0.2) is 4.98 Å². The SMILES string of the molecule is CCC1CCCCC1Oc1nc(NC)ncc1C. The number of aromatic nitrogens is 2. The number of nitrogens with zero attached hydrogens (tertiary/aromatic N) is 2. The number of anilines is 1. The van der Waals surface area contributed by atoms with Gasteiger partial charge in [0.25, 0.3) is 0 Å². The van der Waals surface area contributed by atoms with Gasteiger partial charge >= 0.3 is 0 Å². The van der Waals surface area contributed by atoms with E-state index >= 15 is 0 Å². The van der Waals surface area contributed by atoms with Crippen molar-refractivity contribution in [2.75, 3.05) is 12.4 Å². The van der Waals surface area contributed by atoms with Crippen molar-refractivity contribution in [3.63, 3.8) is 0 Å². The molecular formula is C14H23N3O. The third-order valence-electron chi connectivity index (χ3n) is 3.78. The first-order valence-corrected chi connectivity index (χ1v) is 6.92. The van der Waals surface area contributed by atoms with Gasteiger partial charge in [0.1, 0.15) is 6.10 Å². The molecule has 1 aromatic heterocycles. The summed E-state index contributed by atoms with van der Waals surface area (Å²) in [6.45, 7) is 4.25. The summed E-state index contributed by atoms with van der Waals surface area (Å²) in [5.41, 5.74) is 1.01. The monoisotopic (exact) mass is 249 g/mol. The maximum Gasteiger partial charge on any atom is 0.225 e. The lowest BCUT2D eigenvalue weighted by molar-refractivity contribution is 0.0851. The van der Waals surface area contributed by atoms with E-state index in [4.69, 9.17) is 4.74 Å². The van der Waals surface area contributed by atoms with Crippen molar-refractivity contribution in [1.29, 1.82) is 0 Å². The highest BCUT2D eigenvalue weighted by atomic mass is 16.5. The van der Waals surface area contributed by atoms with Gasteiger partial charge in [0, 0.05) is 18.8 Å². The Labute approximate surface area is 109 Å². The molecule has 0 spiro atoms. The highest BCUT2D eigenvalue weighted by Gasteiger charge is 2.26. The second-order valence-electron chi connectivity index (χ2n) is 5.04. The first kappa shape index (κ1) is 13.1. The molecule has 2 atom stereocenters. The minimum absolute atomic E-state index is 0.321. The molecule has 1 N–H and O–H groups in total. The van der Waals surface area contributed by atoms with Crippen LogP contribution < -0.4 is 10.1 Å². The van der Waals surface area contributed by atoms with E-state index in [9.17, 15) is 0 Å². The van der Waals surface area contributed by atoms with E-state index < -0.39 is 0 Å². The Bertz CT molecular complexity index is 395. The quantitative estimate of drug-likeness (QED) is 0.890. The molecule has 18 heavy (non-hydrogen) atoms. The lowest BCUT2D eigenvalue weighted by Gasteiger charge is -2.31. The van der Waals surface area contributed by atoms with Gasteiger partial charge in [-0.2, -0.15) is 4.98 Å². The molecule has 0 radical (unpaired) electrons. The maximum absolute atomic E-state index is 6.14. The number of rotatable bonds is 4. The molecule has 0 amide bonds. The summed E-state index contributed by atoms with van der Waals surface area (Å²) in [4.78, 5) is 8.60. The van der Waals surface area contributed by atoms with Gasteiger partial charge < -0.3 is 10.1 Å². The molecule has 1 fully saturated rings. The summed E-state index contributed by atoms with van der Waals surface area (Å²) in [7, 11) is 1.82. The lowest BCUT2D eigenvalue weighted by Crippen LogP contribution is -2.30. The summed E-state index contributed by atoms with van der Waals surface area (Å²) in [5, 5.41) is 2.95. The Hall–Kier alpha value is -1.32. The fraction of sp³-hybridized carbons (Fsp3) is 0.714. The lowest BCUT2D eigenvalue weighted by atomic mass is 9.85. The first-order valence-electron chi connectivity index (χ1n) is 6.92. The summed E-state index contributed by atoms with van der Waals surface area (Å²) >= 11 is 0. The Balaban J connectivity index is 2.11. The van der Waals surface area contributed by atoms with Gasteiger partial charge in [-0.3, -0.25) is 0 Å². The van der Waals surface area contributed by atoms with E-state index in [1.165, 1.54) is 25.7 Å². The molecule has 1 saturated carbocycles. The van der Waals surface area contributed by atoms with Crippen LogP contribution in [-0.2, 0) is 0 Å². The minimum atomic E-state index is 0.321. The van der Waals surface area contributed by atoms with Crippen LogP contribution in [0.4, 0.5) is 5.95 Å². The molecule has 100 valence electrons. The summed E-state index contributed by atoms with van der Waals surface area (Å²) in [6.07, 6.45) is 8.36. The zero-order valence-corrected chi connectivity index (χ0v) is 11.6. The molecule has 1 aliphatic rings. The third kappa shape index (κ3) is 2.92. The van der Waals surface area contributed by atoms with Gasteiger partial charge in [0.2, 0.25) is 11.8 Å². The standard InChI is InChI=1S/C14H23N3O/c1-4-11-7-5-6-8-12(11)18-13-10(2)9-16-14(15-3)17-13/h9,11-12H,4-8H2,1-3H3,(H,15,16,17). The van der Waals surface area contributed by atoms with Crippen molar-refractivity contribution in [1.82, 2.24) is 9.97 Å². The van der Waals surface area contributed by atoms with Crippen molar-refractivity contribution < 1.29 is 4.74 Å². The number of ether oxygens (including phenoxy) is 1. The van der Waals surface area contributed by atoms with Crippen molar-refractivity contribution in [3.05, 3.63) is 11.8 Å². The molecule has 2 unspecified atom stereocenters. The van der Waals surface area contributed by atoms with E-state index in [2.05, 4.69) is 22.2 Å². The molecule has 2 rings (SSSR count). The molecule has 1 aliphatic carbocycles. The molecule has 1 aromatic rings. The number of hydrogen-bond acceptors (Lipinski definition) is 4. The molecule has 0 aromatic carbocycles. The van der Waals surface area contributed by atoms with Crippen LogP contribution in [0, 0.1) is 12.8 Å². The highest BCUT2D eigenvalue weighted by Crippen LogP contribution is 2.30. The molecule has 0 bridgehead atoms. The summed E-state index contributed by atoms with van der Waals surface area (Å²) in [6, 6.07) is 0. The van der Waals surface area contributed by atoms with Crippen LogP contribution in [0.1, 0.15) is 44.6 Å². The smallest absolute Gasteiger partial charge is 0.225 e. The van der Waals surface area contributed by atoms with Crippen LogP contribution in [0.3, 0.4) is 0 Å². The largest absolute Gasteiger partial charge is 0.474 e. The van der Waals surface area contributed by atoms with Gasteiger partial charge in [-0.15, -0.1) is 0 Å². The van der Waals surface area contributed by atoms with E-state index in [-0.39, 0.29) is 0 Å². The van der Waals surface area contributed by atoms with Crippen LogP contribution in [0.25, 0.3) is 0 Å². The number of aryl methyl sites for hydroxylation is 1. The van der Waals surface area contributed by atoms with E-state index in [1.807, 2.05) is 20.2 Å². The predicted octanol–water partition coefficient (Wildman–Crippen LogP) is 3.17. The summed E-state index contributed by atoms with van der Waals surface area (Å²) < 4.78 is 6.14. The van der Waals surface area contributed by atoms with Crippen molar-refractivity contribution >= 4 is 5.95 Å². The average molecular weight is 249 g/mol. The van der Waals surface area contributed by atoms with Crippen LogP contribution in [0.2, 0.25) is 0 Å². The molecular weight excluding hydrogens is 226 g/mol. The molecule has 0 saturated heterocycles. The predicted molar refractivity (Wildman–Crippen MR) is 73.0 cm³/mol. The van der Waals surface area contributed by atoms with E-state index in [0.29, 0.717) is 18.0 Å². The number of nitrogens with one attached hydrogen (secondary N) is 1. The summed E-state index contributed by atoms with van der Waals surface area (Å²) in [5.74, 6) is 2.03. The van der Waals surface area contributed by atoms with Crippen LogP contribution in [0.5, 0.6) is 5.88 Å². The zero-order valence-electron chi connectivity index (χ0n) is 11.6. The zero-order chi connectivity index (χ0) is 13.0. The van der Waals surface area contributed by atoms with Gasteiger partial charge in [-0.1, -0.05) is 13.3 Å². The van der Waals surface area contributed by atoms with Gasteiger partial charge in [-0.05, 0) is 38.5 Å². The van der Waals surface area contributed by atoms with E-state index in [1.54, 1.807) is 0 Å². The Kier molecular flexibility index (Phi) is 4.39. The molecule has 0 aliphatic heterocycles. The highest BCUT2D eigenvalue weighted by molar-refractivity contribution is 5.32. The Morgan fingerprint density at radius 2 is 2.17 bits per heavy atom. The van der Waals surface area contributed by atoms with Crippen LogP contribution in [-0.4, -0.2) is 23.1 Å². The molecule has 1 heterocycles. The van der Waals surface area contributed by atoms with Gasteiger partial charge in [0.05, 0.1) is 0 Å². The fourth-order valence-corrected chi connectivity index (χ4v) is 2.61. The Morgan fingerprint density at radius 1 is 1.39 bits per heavy atom. The molecule has 4 heteroatoms. The van der Waals surface area contributed by atoms with Crippen molar-refractivity contribution in [2.24, 2.45) is 5.92 Å². The average Bonchev–Trinajstić information content (AvgIpc) is 2.42. The molecule has 4 nitrogen and oxygen atoms in total. The fourth-order valence-electron chi connectivity index (χ4n) is 2.61. The van der Waals surface area contributed by atoms with Crippen molar-refractivity contribution in [2.45, 2.75) is 52.1 Å². The normalized spacial score (nSPS) is 23.7. The maximum atomic E-state index is 6.14. The van der Waals surface area contributed by atoms with Gasteiger partial charge in [0.15, 0.2) is 0 Å². The second-order valence-corrected chi connectivity index (χ2v) is 5.04. The first-order chi connectivity index (χ1) is 8.74. The number of hydrogen-bond donors (Lipinski definition) is 1.